The zero-order valence-electron chi connectivity index (χ0n) is 9.25. The molecule has 4 nitrogen and oxygen atoms in total. The lowest BCUT2D eigenvalue weighted by molar-refractivity contribution is 0.0569. The van der Waals surface area contributed by atoms with Crippen LogP contribution in [0.2, 0.25) is 0 Å². The molecule has 0 aliphatic rings. The maximum atomic E-state index is 12.2. The molecule has 2 N–H and O–H groups in total. The van der Waals surface area contributed by atoms with Crippen LogP contribution in [-0.4, -0.2) is 14.9 Å². The Kier molecular flexibility index (Phi) is 4.91. The fraction of sp³-hybridized carbons (Fsp3) is 0.182. The van der Waals surface area contributed by atoms with Crippen molar-refractivity contribution in [2.24, 2.45) is 0 Å². The fourth-order valence-electron chi connectivity index (χ4n) is 1.39. The van der Waals surface area contributed by atoms with Crippen molar-refractivity contribution in [2.45, 2.75) is 13.1 Å². The molecule has 0 aliphatic carbocycles. The maximum absolute atomic E-state index is 12.2. The van der Waals surface area contributed by atoms with Gasteiger partial charge in [0.15, 0.2) is 0 Å². The number of halogens is 3. The van der Waals surface area contributed by atoms with Crippen molar-refractivity contribution in [3.63, 3.8) is 0 Å². The molecule has 0 spiro atoms. The molecule has 0 fully saturated rings. The standard InChI is InChI=1S/C11H11F2N3O.ClH/c12-11(13)16-6-5-10(15-16)14-7-8-3-1-2-4-9(8)17;/h1-6,11,17H,7H2,(H,14,15);1H. The summed E-state index contributed by atoms with van der Waals surface area (Å²) < 4.78 is 25.0. The Morgan fingerprint density at radius 3 is 2.61 bits per heavy atom. The van der Waals surface area contributed by atoms with E-state index in [0.29, 0.717) is 22.6 Å². The summed E-state index contributed by atoms with van der Waals surface area (Å²) in [5, 5.41) is 16.0. The number of aromatic nitrogens is 2. The fourth-order valence-corrected chi connectivity index (χ4v) is 1.39. The zero-order chi connectivity index (χ0) is 12.3. The molecule has 0 saturated heterocycles. The molecule has 98 valence electrons. The van der Waals surface area contributed by atoms with Crippen LogP contribution in [0.1, 0.15) is 12.1 Å². The summed E-state index contributed by atoms with van der Waals surface area (Å²) in [6.45, 7) is -2.32. The van der Waals surface area contributed by atoms with Gasteiger partial charge in [-0.05, 0) is 6.07 Å². The molecule has 7 heteroatoms. The Balaban J connectivity index is 0.00000162. The van der Waals surface area contributed by atoms with E-state index in [9.17, 15) is 13.9 Å². The number of phenols is 1. The van der Waals surface area contributed by atoms with Crippen LogP contribution in [0.4, 0.5) is 14.6 Å². The monoisotopic (exact) mass is 275 g/mol. The molecule has 0 unspecified atom stereocenters. The van der Waals surface area contributed by atoms with Gasteiger partial charge in [-0.25, -0.2) is 4.68 Å². The number of alkyl halides is 2. The second-order valence-electron chi connectivity index (χ2n) is 3.44. The van der Waals surface area contributed by atoms with Gasteiger partial charge in [0.1, 0.15) is 11.6 Å². The number of benzene rings is 1. The van der Waals surface area contributed by atoms with E-state index in [-0.39, 0.29) is 18.2 Å². The summed E-state index contributed by atoms with van der Waals surface area (Å²) in [6, 6.07) is 8.26. The second-order valence-corrected chi connectivity index (χ2v) is 3.44. The van der Waals surface area contributed by atoms with E-state index in [0.717, 1.165) is 0 Å². The molecule has 0 aliphatic heterocycles. The molecule has 1 heterocycles. The Morgan fingerprint density at radius 2 is 2.00 bits per heavy atom. The summed E-state index contributed by atoms with van der Waals surface area (Å²) in [6.07, 6.45) is 1.19. The van der Waals surface area contributed by atoms with Crippen LogP contribution in [0.25, 0.3) is 0 Å². The predicted octanol–water partition coefficient (Wildman–Crippen LogP) is 3.02. The highest BCUT2D eigenvalue weighted by Crippen LogP contribution is 2.17. The highest BCUT2D eigenvalue weighted by molar-refractivity contribution is 5.85. The van der Waals surface area contributed by atoms with E-state index in [1.807, 2.05) is 0 Å². The second kappa shape index (κ2) is 6.20. The van der Waals surface area contributed by atoms with Crippen LogP contribution in [0.15, 0.2) is 36.5 Å². The molecular formula is C11H12ClF2N3O. The van der Waals surface area contributed by atoms with Crippen molar-refractivity contribution in [2.75, 3.05) is 5.32 Å². The number of hydrogen-bond acceptors (Lipinski definition) is 3. The van der Waals surface area contributed by atoms with Gasteiger partial charge in [-0.15, -0.1) is 12.4 Å². The zero-order valence-corrected chi connectivity index (χ0v) is 10.1. The largest absolute Gasteiger partial charge is 0.508 e. The first-order chi connectivity index (χ1) is 8.16. The highest BCUT2D eigenvalue weighted by atomic mass is 35.5. The third kappa shape index (κ3) is 3.33. The van der Waals surface area contributed by atoms with Crippen LogP contribution in [0, 0.1) is 0 Å². The van der Waals surface area contributed by atoms with E-state index in [2.05, 4.69) is 10.4 Å². The Bertz CT molecular complexity index is 505. The number of phenolic OH excluding ortho intramolecular Hbond substituents is 1. The molecule has 0 amide bonds. The lowest BCUT2D eigenvalue weighted by Gasteiger charge is -2.05. The summed E-state index contributed by atoms with van der Waals surface area (Å²) in [7, 11) is 0. The number of aromatic hydroxyl groups is 1. The molecule has 18 heavy (non-hydrogen) atoms. The molecule has 0 radical (unpaired) electrons. The van der Waals surface area contributed by atoms with Crippen LogP contribution >= 0.6 is 12.4 Å². The van der Waals surface area contributed by atoms with Gasteiger partial charge in [0.25, 0.3) is 0 Å². The number of nitrogens with one attached hydrogen (secondary N) is 1. The van der Waals surface area contributed by atoms with Crippen molar-refractivity contribution < 1.29 is 13.9 Å². The number of para-hydroxylation sites is 1. The van der Waals surface area contributed by atoms with Gasteiger partial charge in [-0.2, -0.15) is 13.9 Å². The third-order valence-electron chi connectivity index (χ3n) is 2.26. The van der Waals surface area contributed by atoms with Crippen molar-refractivity contribution in [3.8, 4) is 5.75 Å². The molecule has 0 atom stereocenters. The van der Waals surface area contributed by atoms with Crippen molar-refractivity contribution in [1.29, 1.82) is 0 Å². The summed E-state index contributed by atoms with van der Waals surface area (Å²) in [4.78, 5) is 0. The predicted molar refractivity (Wildman–Crippen MR) is 66.2 cm³/mol. The van der Waals surface area contributed by atoms with Gasteiger partial charge in [0, 0.05) is 24.4 Å². The Morgan fingerprint density at radius 1 is 1.28 bits per heavy atom. The average Bonchev–Trinajstić information content (AvgIpc) is 2.77. The summed E-state index contributed by atoms with van der Waals surface area (Å²) >= 11 is 0. The van der Waals surface area contributed by atoms with E-state index in [1.54, 1.807) is 24.3 Å². The van der Waals surface area contributed by atoms with E-state index in [4.69, 9.17) is 0 Å². The van der Waals surface area contributed by atoms with Gasteiger partial charge in [0.05, 0.1) is 0 Å². The number of anilines is 1. The Labute approximate surface area is 109 Å². The smallest absolute Gasteiger partial charge is 0.333 e. The lowest BCUT2D eigenvalue weighted by atomic mass is 10.2. The molecule has 0 saturated carbocycles. The van der Waals surface area contributed by atoms with Gasteiger partial charge >= 0.3 is 6.55 Å². The number of nitrogens with zero attached hydrogens (tertiary/aromatic N) is 2. The van der Waals surface area contributed by atoms with Crippen molar-refractivity contribution in [3.05, 3.63) is 42.1 Å². The minimum absolute atomic E-state index is 0. The summed E-state index contributed by atoms with van der Waals surface area (Å²) in [5.74, 6) is 0.502. The molecule has 1 aromatic heterocycles. The van der Waals surface area contributed by atoms with Crippen LogP contribution in [-0.2, 0) is 6.54 Å². The van der Waals surface area contributed by atoms with Crippen molar-refractivity contribution >= 4 is 18.2 Å². The first-order valence-corrected chi connectivity index (χ1v) is 5.01. The molecular weight excluding hydrogens is 264 g/mol. The van der Waals surface area contributed by atoms with Gasteiger partial charge in [-0.1, -0.05) is 18.2 Å². The minimum atomic E-state index is -2.64. The normalized spacial score (nSPS) is 10.2. The number of rotatable bonds is 4. The average molecular weight is 276 g/mol. The van der Waals surface area contributed by atoms with E-state index in [1.165, 1.54) is 12.3 Å². The van der Waals surface area contributed by atoms with E-state index >= 15 is 0 Å². The highest BCUT2D eigenvalue weighted by Gasteiger charge is 2.07. The number of hydrogen-bond donors (Lipinski definition) is 2. The molecule has 0 bridgehead atoms. The lowest BCUT2D eigenvalue weighted by Crippen LogP contribution is -2.03. The molecule has 2 rings (SSSR count). The van der Waals surface area contributed by atoms with Crippen molar-refractivity contribution in [1.82, 2.24) is 9.78 Å². The van der Waals surface area contributed by atoms with Crippen LogP contribution in [0.3, 0.4) is 0 Å². The SMILES string of the molecule is Cl.Oc1ccccc1CNc1ccn(C(F)F)n1. The van der Waals surface area contributed by atoms with Gasteiger partial charge < -0.3 is 10.4 Å². The quantitative estimate of drug-likeness (QED) is 0.902. The summed E-state index contributed by atoms with van der Waals surface area (Å²) in [5.41, 5.74) is 0.680. The maximum Gasteiger partial charge on any atom is 0.333 e. The first-order valence-electron chi connectivity index (χ1n) is 5.01. The minimum Gasteiger partial charge on any atom is -0.508 e. The Hall–Kier alpha value is -1.82. The molecule has 2 aromatic rings. The molecule has 1 aromatic carbocycles. The topological polar surface area (TPSA) is 50.1 Å². The van der Waals surface area contributed by atoms with Gasteiger partial charge in [-0.3, -0.25) is 0 Å². The van der Waals surface area contributed by atoms with Crippen LogP contribution in [0.5, 0.6) is 5.75 Å². The van der Waals surface area contributed by atoms with Crippen LogP contribution < -0.4 is 5.32 Å². The third-order valence-corrected chi connectivity index (χ3v) is 2.26. The van der Waals surface area contributed by atoms with Gasteiger partial charge in [0.2, 0.25) is 0 Å². The first kappa shape index (κ1) is 14.2. The van der Waals surface area contributed by atoms with E-state index < -0.39 is 6.55 Å².